The highest BCUT2D eigenvalue weighted by Crippen LogP contribution is 2.20. The Balaban J connectivity index is 1.69. The number of likely N-dealkylation sites (tertiary alicyclic amines) is 1. The predicted molar refractivity (Wildman–Crippen MR) is 74.8 cm³/mol. The molecule has 1 unspecified atom stereocenters. The molecule has 2 aromatic rings. The molecule has 1 fully saturated rings. The van der Waals surface area contributed by atoms with Gasteiger partial charge in [-0.3, -0.25) is 10.00 Å². The Morgan fingerprint density at radius 1 is 1.44 bits per heavy atom. The van der Waals surface area contributed by atoms with Crippen molar-refractivity contribution < 1.29 is 0 Å². The zero-order chi connectivity index (χ0) is 12.5. The SMILES string of the molecule is CC(C)N1CCC(Nc2ccc3cn[nH]c3c2)C1. The van der Waals surface area contributed by atoms with Crippen LogP contribution in [0.4, 0.5) is 5.69 Å². The van der Waals surface area contributed by atoms with E-state index in [0.717, 1.165) is 17.4 Å². The minimum atomic E-state index is 0.563. The van der Waals surface area contributed by atoms with Crippen LogP contribution in [0, 0.1) is 0 Å². The van der Waals surface area contributed by atoms with Gasteiger partial charge in [-0.05, 0) is 38.5 Å². The Morgan fingerprint density at radius 2 is 2.33 bits per heavy atom. The third-order valence-corrected chi connectivity index (χ3v) is 3.76. The van der Waals surface area contributed by atoms with Crippen LogP contribution in [0.1, 0.15) is 20.3 Å². The van der Waals surface area contributed by atoms with Crippen LogP contribution in [0.15, 0.2) is 24.4 Å². The van der Waals surface area contributed by atoms with E-state index >= 15 is 0 Å². The Kier molecular flexibility index (Phi) is 2.96. The molecule has 1 aliphatic heterocycles. The molecular weight excluding hydrogens is 224 g/mol. The van der Waals surface area contributed by atoms with Crippen LogP contribution >= 0.6 is 0 Å². The fourth-order valence-corrected chi connectivity index (χ4v) is 2.64. The number of nitrogens with one attached hydrogen (secondary N) is 2. The fourth-order valence-electron chi connectivity index (χ4n) is 2.64. The molecule has 1 aliphatic rings. The summed E-state index contributed by atoms with van der Waals surface area (Å²) >= 11 is 0. The lowest BCUT2D eigenvalue weighted by atomic mass is 10.2. The van der Waals surface area contributed by atoms with E-state index in [1.54, 1.807) is 0 Å². The molecule has 0 spiro atoms. The van der Waals surface area contributed by atoms with E-state index in [4.69, 9.17) is 0 Å². The van der Waals surface area contributed by atoms with Gasteiger partial charge in [0.1, 0.15) is 0 Å². The third-order valence-electron chi connectivity index (χ3n) is 3.76. The second-order valence-corrected chi connectivity index (χ2v) is 5.39. The van der Waals surface area contributed by atoms with Gasteiger partial charge in [0.25, 0.3) is 0 Å². The maximum atomic E-state index is 4.05. The first-order valence-corrected chi connectivity index (χ1v) is 6.66. The Hall–Kier alpha value is -1.55. The molecule has 0 radical (unpaired) electrons. The quantitative estimate of drug-likeness (QED) is 0.871. The van der Waals surface area contributed by atoms with Gasteiger partial charge in [0, 0.05) is 36.2 Å². The van der Waals surface area contributed by atoms with Crippen LogP contribution in [0.3, 0.4) is 0 Å². The smallest absolute Gasteiger partial charge is 0.0670 e. The van der Waals surface area contributed by atoms with Gasteiger partial charge in [-0.25, -0.2) is 0 Å². The molecule has 1 saturated heterocycles. The predicted octanol–water partition coefficient (Wildman–Crippen LogP) is 2.46. The summed E-state index contributed by atoms with van der Waals surface area (Å²) in [5.41, 5.74) is 2.28. The minimum Gasteiger partial charge on any atom is -0.381 e. The number of rotatable bonds is 3. The third kappa shape index (κ3) is 2.20. The maximum Gasteiger partial charge on any atom is 0.0670 e. The number of hydrogen-bond acceptors (Lipinski definition) is 3. The van der Waals surface area contributed by atoms with E-state index in [-0.39, 0.29) is 0 Å². The van der Waals surface area contributed by atoms with Crippen molar-refractivity contribution in [3.05, 3.63) is 24.4 Å². The van der Waals surface area contributed by atoms with Gasteiger partial charge in [-0.15, -0.1) is 0 Å². The largest absolute Gasteiger partial charge is 0.381 e. The van der Waals surface area contributed by atoms with Crippen LogP contribution in [0.25, 0.3) is 10.9 Å². The van der Waals surface area contributed by atoms with E-state index in [1.165, 1.54) is 18.7 Å². The van der Waals surface area contributed by atoms with Crippen LogP contribution in [0.2, 0.25) is 0 Å². The number of hydrogen-bond donors (Lipinski definition) is 2. The van der Waals surface area contributed by atoms with Crippen LogP contribution in [-0.2, 0) is 0 Å². The second-order valence-electron chi connectivity index (χ2n) is 5.39. The topological polar surface area (TPSA) is 44.0 Å². The normalized spacial score (nSPS) is 20.9. The average molecular weight is 244 g/mol. The van der Waals surface area contributed by atoms with Crippen molar-refractivity contribution in [2.75, 3.05) is 18.4 Å². The van der Waals surface area contributed by atoms with Crippen LogP contribution in [-0.4, -0.2) is 40.3 Å². The lowest BCUT2D eigenvalue weighted by Gasteiger charge is -2.20. The monoisotopic (exact) mass is 244 g/mol. The molecule has 0 amide bonds. The zero-order valence-electron chi connectivity index (χ0n) is 11.0. The van der Waals surface area contributed by atoms with Crippen LogP contribution in [0.5, 0.6) is 0 Å². The lowest BCUT2D eigenvalue weighted by Crippen LogP contribution is -2.31. The van der Waals surface area contributed by atoms with Crippen molar-refractivity contribution in [3.8, 4) is 0 Å². The average Bonchev–Trinajstić information content (AvgIpc) is 2.96. The molecule has 18 heavy (non-hydrogen) atoms. The zero-order valence-corrected chi connectivity index (χ0v) is 11.0. The number of benzene rings is 1. The lowest BCUT2D eigenvalue weighted by molar-refractivity contribution is 0.274. The fraction of sp³-hybridized carbons (Fsp3) is 0.500. The Bertz CT molecular complexity index is 531. The van der Waals surface area contributed by atoms with Gasteiger partial charge in [0.15, 0.2) is 0 Å². The molecule has 1 aromatic heterocycles. The second kappa shape index (κ2) is 4.61. The van der Waals surface area contributed by atoms with Gasteiger partial charge in [0.05, 0.1) is 11.7 Å². The molecule has 3 rings (SSSR count). The standard InChI is InChI=1S/C14H20N4/c1-10(2)18-6-5-13(9-18)16-12-4-3-11-8-15-17-14(11)7-12/h3-4,7-8,10,13,16H,5-6,9H2,1-2H3,(H,15,17). The van der Waals surface area contributed by atoms with Crippen molar-refractivity contribution >= 4 is 16.6 Å². The molecule has 4 heteroatoms. The maximum absolute atomic E-state index is 4.05. The molecule has 4 nitrogen and oxygen atoms in total. The van der Waals surface area contributed by atoms with E-state index in [0.29, 0.717) is 12.1 Å². The number of nitrogens with zero attached hydrogens (tertiary/aromatic N) is 2. The molecule has 1 aromatic carbocycles. The van der Waals surface area contributed by atoms with E-state index < -0.39 is 0 Å². The molecular formula is C14H20N4. The number of H-pyrrole nitrogens is 1. The summed E-state index contributed by atoms with van der Waals surface area (Å²) in [7, 11) is 0. The van der Waals surface area contributed by atoms with Gasteiger partial charge in [-0.1, -0.05) is 0 Å². The van der Waals surface area contributed by atoms with Crippen molar-refractivity contribution in [3.63, 3.8) is 0 Å². The highest BCUT2D eigenvalue weighted by Gasteiger charge is 2.23. The van der Waals surface area contributed by atoms with Gasteiger partial charge in [0.2, 0.25) is 0 Å². The van der Waals surface area contributed by atoms with Crippen molar-refractivity contribution in [2.45, 2.75) is 32.4 Å². The highest BCUT2D eigenvalue weighted by molar-refractivity contribution is 5.81. The highest BCUT2D eigenvalue weighted by atomic mass is 15.2. The summed E-state index contributed by atoms with van der Waals surface area (Å²) in [6, 6.07) is 7.59. The van der Waals surface area contributed by atoms with Gasteiger partial charge in [-0.2, -0.15) is 5.10 Å². The van der Waals surface area contributed by atoms with Crippen molar-refractivity contribution in [2.24, 2.45) is 0 Å². The molecule has 2 heterocycles. The van der Waals surface area contributed by atoms with Crippen LogP contribution < -0.4 is 5.32 Å². The van der Waals surface area contributed by atoms with E-state index in [9.17, 15) is 0 Å². The number of anilines is 1. The molecule has 2 N–H and O–H groups in total. The van der Waals surface area contributed by atoms with Crippen molar-refractivity contribution in [1.29, 1.82) is 0 Å². The molecule has 0 aliphatic carbocycles. The van der Waals surface area contributed by atoms with E-state index in [2.05, 4.69) is 52.5 Å². The van der Waals surface area contributed by atoms with Gasteiger partial charge >= 0.3 is 0 Å². The number of aromatic nitrogens is 2. The Labute approximate surface area is 107 Å². The molecule has 0 bridgehead atoms. The van der Waals surface area contributed by atoms with Gasteiger partial charge < -0.3 is 5.32 Å². The summed E-state index contributed by atoms with van der Waals surface area (Å²) in [4.78, 5) is 2.52. The molecule has 96 valence electrons. The Morgan fingerprint density at radius 3 is 3.11 bits per heavy atom. The first-order chi connectivity index (χ1) is 8.72. The molecule has 1 atom stereocenters. The number of fused-ring (bicyclic) bond motifs is 1. The summed E-state index contributed by atoms with van der Waals surface area (Å²) in [6.07, 6.45) is 3.08. The summed E-state index contributed by atoms with van der Waals surface area (Å²) < 4.78 is 0. The summed E-state index contributed by atoms with van der Waals surface area (Å²) in [5, 5.41) is 11.8. The summed E-state index contributed by atoms with van der Waals surface area (Å²) in [6.45, 7) is 6.86. The summed E-state index contributed by atoms with van der Waals surface area (Å²) in [5.74, 6) is 0. The minimum absolute atomic E-state index is 0.563. The molecule has 0 saturated carbocycles. The first-order valence-electron chi connectivity index (χ1n) is 6.66. The first kappa shape index (κ1) is 11.5. The van der Waals surface area contributed by atoms with Crippen molar-refractivity contribution in [1.82, 2.24) is 15.1 Å². The van der Waals surface area contributed by atoms with E-state index in [1.807, 2.05) is 6.20 Å². The number of aromatic amines is 1.